The summed E-state index contributed by atoms with van der Waals surface area (Å²) in [6, 6.07) is 0.638. The van der Waals surface area contributed by atoms with Gasteiger partial charge in [-0.3, -0.25) is 4.40 Å². The van der Waals surface area contributed by atoms with Gasteiger partial charge in [0.25, 0.3) is 0 Å². The van der Waals surface area contributed by atoms with E-state index in [1.54, 1.807) is 6.20 Å². The van der Waals surface area contributed by atoms with Gasteiger partial charge >= 0.3 is 0 Å². The van der Waals surface area contributed by atoms with Crippen molar-refractivity contribution in [2.24, 2.45) is 0 Å². The zero-order valence-electron chi connectivity index (χ0n) is 9.97. The Balaban J connectivity index is 1.72. The molecule has 4 nitrogen and oxygen atoms in total. The summed E-state index contributed by atoms with van der Waals surface area (Å²) in [4.78, 5) is 8.54. The van der Waals surface area contributed by atoms with Crippen LogP contribution in [0.4, 0.5) is 0 Å². The lowest BCUT2D eigenvalue weighted by molar-refractivity contribution is 0.502. The van der Waals surface area contributed by atoms with E-state index in [9.17, 15) is 0 Å². The number of nitrogens with one attached hydrogen (secondary N) is 1. The molecule has 2 aromatic heterocycles. The first kappa shape index (κ1) is 12.4. The third kappa shape index (κ3) is 2.70. The van der Waals surface area contributed by atoms with Crippen LogP contribution in [0.2, 0.25) is 0 Å². The Morgan fingerprint density at radius 3 is 3.22 bits per heavy atom. The number of thioether (sulfide) groups is 1. The Labute approximate surface area is 119 Å². The molecule has 1 aliphatic rings. The number of nitrogens with zero attached hydrogens (tertiary/aromatic N) is 3. The highest BCUT2D eigenvalue weighted by Crippen LogP contribution is 2.17. The van der Waals surface area contributed by atoms with Crippen LogP contribution in [0.5, 0.6) is 0 Å². The zero-order chi connectivity index (χ0) is 12.4. The molecule has 1 unspecified atom stereocenters. The van der Waals surface area contributed by atoms with Crippen LogP contribution in [0.1, 0.15) is 18.5 Å². The van der Waals surface area contributed by atoms with Crippen molar-refractivity contribution in [2.45, 2.75) is 25.4 Å². The SMILES string of the molecule is Brc1cn2c(CNC3CCCSC3)cnc2cn1. The molecule has 1 N–H and O–H groups in total. The van der Waals surface area contributed by atoms with Crippen LogP contribution in [-0.2, 0) is 6.54 Å². The first-order chi connectivity index (χ1) is 8.83. The molecule has 0 amide bonds. The molecule has 2 aromatic rings. The lowest BCUT2D eigenvalue weighted by Crippen LogP contribution is -2.33. The van der Waals surface area contributed by atoms with Gasteiger partial charge in [-0.05, 0) is 34.5 Å². The topological polar surface area (TPSA) is 42.2 Å². The molecule has 0 spiro atoms. The Bertz CT molecular complexity index is 536. The predicted molar refractivity (Wildman–Crippen MR) is 77.9 cm³/mol. The normalized spacial score (nSPS) is 20.4. The summed E-state index contributed by atoms with van der Waals surface area (Å²) in [5.74, 6) is 2.54. The minimum absolute atomic E-state index is 0.638. The van der Waals surface area contributed by atoms with Crippen LogP contribution < -0.4 is 5.32 Å². The second-order valence-electron chi connectivity index (χ2n) is 4.48. The number of rotatable bonds is 3. The van der Waals surface area contributed by atoms with E-state index >= 15 is 0 Å². The Morgan fingerprint density at radius 2 is 2.39 bits per heavy atom. The number of halogens is 1. The van der Waals surface area contributed by atoms with Gasteiger partial charge in [-0.1, -0.05) is 0 Å². The Morgan fingerprint density at radius 1 is 1.44 bits per heavy atom. The fraction of sp³-hybridized carbons (Fsp3) is 0.500. The summed E-state index contributed by atoms with van der Waals surface area (Å²) in [5.41, 5.74) is 2.08. The largest absolute Gasteiger partial charge is 0.308 e. The quantitative estimate of drug-likeness (QED) is 0.940. The van der Waals surface area contributed by atoms with Gasteiger partial charge in [-0.2, -0.15) is 11.8 Å². The molecule has 6 heteroatoms. The fourth-order valence-corrected chi connectivity index (χ4v) is 3.61. The number of hydrogen-bond acceptors (Lipinski definition) is 4. The van der Waals surface area contributed by atoms with Gasteiger partial charge in [-0.25, -0.2) is 9.97 Å². The fourth-order valence-electron chi connectivity index (χ4n) is 2.20. The molecule has 0 radical (unpaired) electrons. The molecule has 1 aliphatic heterocycles. The molecule has 96 valence electrons. The second-order valence-corrected chi connectivity index (χ2v) is 6.45. The number of hydrogen-bond donors (Lipinski definition) is 1. The first-order valence-corrected chi connectivity index (χ1v) is 8.06. The van der Waals surface area contributed by atoms with Gasteiger partial charge in [0.05, 0.1) is 18.1 Å². The lowest BCUT2D eigenvalue weighted by atomic mass is 10.2. The van der Waals surface area contributed by atoms with Crippen LogP contribution in [0.3, 0.4) is 0 Å². The van der Waals surface area contributed by atoms with Crippen LogP contribution in [-0.4, -0.2) is 31.9 Å². The van der Waals surface area contributed by atoms with Crippen LogP contribution in [0.15, 0.2) is 23.2 Å². The summed E-state index contributed by atoms with van der Waals surface area (Å²) in [6.07, 6.45) is 8.28. The van der Waals surface area contributed by atoms with E-state index in [0.29, 0.717) is 6.04 Å². The van der Waals surface area contributed by atoms with Crippen molar-refractivity contribution < 1.29 is 0 Å². The van der Waals surface area contributed by atoms with Crippen molar-refractivity contribution in [2.75, 3.05) is 11.5 Å². The van der Waals surface area contributed by atoms with E-state index in [1.807, 2.05) is 24.2 Å². The van der Waals surface area contributed by atoms with E-state index in [0.717, 1.165) is 16.8 Å². The average molecular weight is 327 g/mol. The van der Waals surface area contributed by atoms with Crippen molar-refractivity contribution >= 4 is 33.3 Å². The maximum Gasteiger partial charge on any atom is 0.155 e. The van der Waals surface area contributed by atoms with Crippen molar-refractivity contribution in [1.29, 1.82) is 0 Å². The van der Waals surface area contributed by atoms with Gasteiger partial charge < -0.3 is 5.32 Å². The standard InChI is InChI=1S/C12H15BrN4S/c13-11-7-17-10(5-16-12(17)6-15-11)4-14-9-2-1-3-18-8-9/h5-7,9,14H,1-4,8H2. The third-order valence-electron chi connectivity index (χ3n) is 3.17. The van der Waals surface area contributed by atoms with Gasteiger partial charge in [0.1, 0.15) is 4.60 Å². The van der Waals surface area contributed by atoms with E-state index in [1.165, 1.54) is 30.0 Å². The Hall–Kier alpha value is -0.590. The number of aromatic nitrogens is 3. The highest BCUT2D eigenvalue weighted by Gasteiger charge is 2.13. The molecular weight excluding hydrogens is 312 g/mol. The van der Waals surface area contributed by atoms with Crippen molar-refractivity contribution in [3.8, 4) is 0 Å². The molecule has 0 aliphatic carbocycles. The van der Waals surface area contributed by atoms with Gasteiger partial charge in [0.2, 0.25) is 0 Å². The molecule has 1 atom stereocenters. The molecule has 1 saturated heterocycles. The van der Waals surface area contributed by atoms with Crippen molar-refractivity contribution in [3.05, 3.63) is 28.9 Å². The smallest absolute Gasteiger partial charge is 0.155 e. The van der Waals surface area contributed by atoms with Gasteiger partial charge in [-0.15, -0.1) is 0 Å². The summed E-state index contributed by atoms with van der Waals surface area (Å²) < 4.78 is 2.92. The maximum absolute atomic E-state index is 4.36. The second kappa shape index (κ2) is 5.59. The molecule has 0 aromatic carbocycles. The van der Waals surface area contributed by atoms with Crippen molar-refractivity contribution in [1.82, 2.24) is 19.7 Å². The van der Waals surface area contributed by atoms with Gasteiger partial charge in [0, 0.05) is 24.5 Å². The summed E-state index contributed by atoms with van der Waals surface area (Å²) in [6.45, 7) is 0.864. The first-order valence-electron chi connectivity index (χ1n) is 6.11. The van der Waals surface area contributed by atoms with Crippen molar-refractivity contribution in [3.63, 3.8) is 0 Å². The molecule has 0 bridgehead atoms. The van der Waals surface area contributed by atoms with Crippen LogP contribution >= 0.6 is 27.7 Å². The van der Waals surface area contributed by atoms with E-state index < -0.39 is 0 Å². The molecule has 1 fully saturated rings. The molecule has 3 heterocycles. The van der Waals surface area contributed by atoms with E-state index in [2.05, 4.69) is 35.6 Å². The maximum atomic E-state index is 4.36. The summed E-state index contributed by atoms with van der Waals surface area (Å²) in [7, 11) is 0. The highest BCUT2D eigenvalue weighted by molar-refractivity contribution is 9.10. The number of imidazole rings is 1. The summed E-state index contributed by atoms with van der Waals surface area (Å²) >= 11 is 5.44. The molecule has 18 heavy (non-hydrogen) atoms. The van der Waals surface area contributed by atoms with Crippen LogP contribution in [0.25, 0.3) is 5.65 Å². The summed E-state index contributed by atoms with van der Waals surface area (Å²) in [5, 5.41) is 3.62. The zero-order valence-corrected chi connectivity index (χ0v) is 12.4. The Kier molecular flexibility index (Phi) is 3.86. The average Bonchev–Trinajstić information content (AvgIpc) is 2.80. The monoisotopic (exact) mass is 326 g/mol. The molecular formula is C12H15BrN4S. The lowest BCUT2D eigenvalue weighted by Gasteiger charge is -2.22. The van der Waals surface area contributed by atoms with E-state index in [4.69, 9.17) is 0 Å². The minimum Gasteiger partial charge on any atom is -0.308 e. The van der Waals surface area contributed by atoms with Crippen LogP contribution in [0, 0.1) is 0 Å². The number of fused-ring (bicyclic) bond motifs is 1. The highest BCUT2D eigenvalue weighted by atomic mass is 79.9. The van der Waals surface area contributed by atoms with Gasteiger partial charge in [0.15, 0.2) is 5.65 Å². The molecule has 0 saturated carbocycles. The third-order valence-corrected chi connectivity index (χ3v) is 4.80. The minimum atomic E-state index is 0.638. The molecule has 3 rings (SSSR count). The van der Waals surface area contributed by atoms with E-state index in [-0.39, 0.29) is 0 Å². The predicted octanol–water partition coefficient (Wildman–Crippen LogP) is 2.48.